The fourth-order valence-corrected chi connectivity index (χ4v) is 6.00. The molecule has 0 spiro atoms. The lowest BCUT2D eigenvalue weighted by Gasteiger charge is -2.34. The third-order valence-electron chi connectivity index (χ3n) is 7.53. The second-order valence-electron chi connectivity index (χ2n) is 12.6. The molecule has 5 unspecified atom stereocenters. The molecule has 0 aliphatic heterocycles. The molecule has 1 saturated carbocycles. The number of alkyl carbamates (subject to hydrolysis) is 1. The Morgan fingerprint density at radius 1 is 1.11 bits per heavy atom. The van der Waals surface area contributed by atoms with Gasteiger partial charge < -0.3 is 29.4 Å². The van der Waals surface area contributed by atoms with E-state index < -0.39 is 41.5 Å². The summed E-state index contributed by atoms with van der Waals surface area (Å²) in [4.78, 5) is 26.1. The smallest absolute Gasteiger partial charge is 0.408 e. The zero-order valence-electron chi connectivity index (χ0n) is 22.5. The molecule has 202 valence electrons. The molecule has 0 bridgehead atoms. The number of ether oxygens (including phenoxy) is 2. The number of aliphatic hydroxyl groups excluding tert-OH is 1. The van der Waals surface area contributed by atoms with Gasteiger partial charge in [0.25, 0.3) is 0 Å². The molecule has 2 aliphatic rings. The normalized spacial score (nSPS) is 28.3. The van der Waals surface area contributed by atoms with Crippen LogP contribution in [-0.4, -0.2) is 39.6 Å². The second-order valence-corrected chi connectivity index (χ2v) is 12.6. The average molecular weight is 514 g/mol. The molecule has 6 atom stereocenters. The van der Waals surface area contributed by atoms with Gasteiger partial charge in [-0.1, -0.05) is 44.2 Å². The summed E-state index contributed by atoms with van der Waals surface area (Å²) in [5.41, 5.74) is 0.232. The number of rotatable bonds is 5. The average Bonchev–Trinajstić information content (AvgIpc) is 3.36. The largest absolute Gasteiger partial charge is 0.472 e. The van der Waals surface area contributed by atoms with Gasteiger partial charge in [0.1, 0.15) is 11.7 Å². The minimum Gasteiger partial charge on any atom is -0.472 e. The van der Waals surface area contributed by atoms with E-state index in [1.807, 2.05) is 6.92 Å². The van der Waals surface area contributed by atoms with Crippen molar-refractivity contribution in [1.82, 2.24) is 5.32 Å². The van der Waals surface area contributed by atoms with Crippen LogP contribution in [0.1, 0.15) is 83.2 Å². The van der Waals surface area contributed by atoms with Gasteiger partial charge in [0.15, 0.2) is 6.10 Å². The van der Waals surface area contributed by atoms with Crippen LogP contribution in [0.2, 0.25) is 0 Å². The highest BCUT2D eigenvalue weighted by Gasteiger charge is 2.54. The summed E-state index contributed by atoms with van der Waals surface area (Å²) in [7, 11) is 0. The Morgan fingerprint density at radius 2 is 1.78 bits per heavy atom. The van der Waals surface area contributed by atoms with Gasteiger partial charge >= 0.3 is 12.1 Å². The first-order chi connectivity index (χ1) is 17.2. The first kappa shape index (κ1) is 27.2. The van der Waals surface area contributed by atoms with Crippen LogP contribution in [0.5, 0.6) is 0 Å². The highest BCUT2D eigenvalue weighted by molar-refractivity contribution is 5.78. The molecule has 37 heavy (non-hydrogen) atoms. The Hall–Kier alpha value is -2.84. The van der Waals surface area contributed by atoms with E-state index in [1.165, 1.54) is 0 Å². The molecule has 8 heteroatoms. The van der Waals surface area contributed by atoms with Crippen LogP contribution in [0.25, 0.3) is 0 Å². The van der Waals surface area contributed by atoms with E-state index >= 15 is 0 Å². The molecule has 4 rings (SSSR count). The molecular formula is C29H39NO7. The van der Waals surface area contributed by atoms with Crippen molar-refractivity contribution in [2.45, 2.75) is 90.3 Å². The van der Waals surface area contributed by atoms with Crippen molar-refractivity contribution in [2.24, 2.45) is 17.3 Å². The number of nitrogens with one attached hydrogen (secondary N) is 1. The number of furan rings is 1. The van der Waals surface area contributed by atoms with Crippen molar-refractivity contribution < 1.29 is 33.7 Å². The maximum atomic E-state index is 13.5. The molecule has 8 nitrogen and oxygen atoms in total. The van der Waals surface area contributed by atoms with Crippen molar-refractivity contribution in [1.29, 1.82) is 0 Å². The number of carbonyl (C=O) groups is 2. The lowest BCUT2D eigenvalue weighted by Crippen LogP contribution is -2.44. The quantitative estimate of drug-likeness (QED) is 0.489. The molecule has 3 N–H and O–H groups in total. The molecule has 0 saturated heterocycles. The van der Waals surface area contributed by atoms with Crippen LogP contribution < -0.4 is 5.32 Å². The summed E-state index contributed by atoms with van der Waals surface area (Å²) >= 11 is 0. The van der Waals surface area contributed by atoms with Gasteiger partial charge in [-0.15, -0.1) is 0 Å². The van der Waals surface area contributed by atoms with E-state index in [4.69, 9.17) is 13.9 Å². The molecule has 1 amide bonds. The molecule has 2 aliphatic carbocycles. The first-order valence-electron chi connectivity index (χ1n) is 12.9. The summed E-state index contributed by atoms with van der Waals surface area (Å²) in [5, 5.41) is 25.3. The molecule has 1 heterocycles. The van der Waals surface area contributed by atoms with Crippen molar-refractivity contribution in [3.05, 3.63) is 59.5 Å². The first-order valence-corrected chi connectivity index (χ1v) is 12.9. The fraction of sp³-hybridized carbons (Fsp3) is 0.586. The highest BCUT2D eigenvalue weighted by Crippen LogP contribution is 2.57. The zero-order chi connectivity index (χ0) is 27.2. The number of esters is 1. The monoisotopic (exact) mass is 513 g/mol. The van der Waals surface area contributed by atoms with Crippen molar-refractivity contribution in [3.8, 4) is 0 Å². The minimum absolute atomic E-state index is 0.0469. The van der Waals surface area contributed by atoms with Gasteiger partial charge in [-0.2, -0.15) is 0 Å². The van der Waals surface area contributed by atoms with E-state index in [9.17, 15) is 19.8 Å². The molecule has 0 radical (unpaired) electrons. The van der Waals surface area contributed by atoms with E-state index in [1.54, 1.807) is 63.6 Å². The van der Waals surface area contributed by atoms with E-state index in [0.717, 1.165) is 18.4 Å². The summed E-state index contributed by atoms with van der Waals surface area (Å²) in [6.45, 7) is 11.3. The number of aliphatic hydroxyl groups is 2. The molecule has 1 fully saturated rings. The van der Waals surface area contributed by atoms with Crippen LogP contribution >= 0.6 is 0 Å². The number of benzene rings is 1. The number of hydrogen-bond acceptors (Lipinski definition) is 7. The Bertz CT molecular complexity index is 1110. The third-order valence-corrected chi connectivity index (χ3v) is 7.53. The number of hydrogen-bond donors (Lipinski definition) is 3. The number of amides is 1. The summed E-state index contributed by atoms with van der Waals surface area (Å²) in [6.07, 6.45) is 1.92. The second kappa shape index (κ2) is 9.80. The van der Waals surface area contributed by atoms with Gasteiger partial charge in [0.2, 0.25) is 0 Å². The SMILES string of the molecule is CC1(C)CC2C(OC(=O)C(O)[C@H](NC(=O)OC(C)(C)C)c3ccccc3)c3cocc3CC(C)(O)C2C1. The zero-order valence-corrected chi connectivity index (χ0v) is 22.5. The molecular weight excluding hydrogens is 474 g/mol. The molecule has 1 aromatic carbocycles. The van der Waals surface area contributed by atoms with Gasteiger partial charge in [-0.05, 0) is 57.4 Å². The maximum Gasteiger partial charge on any atom is 0.408 e. The number of carbonyl (C=O) groups excluding carboxylic acids is 2. The lowest BCUT2D eigenvalue weighted by atomic mass is 9.78. The van der Waals surface area contributed by atoms with Gasteiger partial charge in [-0.25, -0.2) is 9.59 Å². The molecule has 1 aromatic heterocycles. The van der Waals surface area contributed by atoms with E-state index in [-0.39, 0.29) is 17.3 Å². The number of fused-ring (bicyclic) bond motifs is 2. The minimum atomic E-state index is -1.69. The van der Waals surface area contributed by atoms with Crippen LogP contribution in [0.4, 0.5) is 4.79 Å². The Morgan fingerprint density at radius 3 is 2.43 bits per heavy atom. The van der Waals surface area contributed by atoms with Crippen molar-refractivity contribution in [3.63, 3.8) is 0 Å². The topological polar surface area (TPSA) is 118 Å². The standard InChI is InChI=1S/C29H39NO7/c1-27(2,3)37-26(33)30-22(17-10-8-7-9-11-17)23(31)25(32)36-24-19-13-28(4,5)14-21(19)29(6,34)12-18-15-35-16-20(18)24/h7-11,15-16,19,21-24,31,34H,12-14H2,1-6H3,(H,30,33)/t19?,21?,22-,23?,24?,29?/m1/s1. The van der Waals surface area contributed by atoms with E-state index in [2.05, 4.69) is 19.2 Å². The van der Waals surface area contributed by atoms with Crippen LogP contribution in [-0.2, 0) is 20.7 Å². The van der Waals surface area contributed by atoms with Crippen molar-refractivity contribution in [2.75, 3.05) is 0 Å². The van der Waals surface area contributed by atoms with Gasteiger partial charge in [0, 0.05) is 23.5 Å². The predicted molar refractivity (Wildman–Crippen MR) is 136 cm³/mol. The Kier molecular flexibility index (Phi) is 7.20. The van der Waals surface area contributed by atoms with Gasteiger partial charge in [-0.3, -0.25) is 0 Å². The van der Waals surface area contributed by atoms with E-state index in [0.29, 0.717) is 17.5 Å². The summed E-state index contributed by atoms with van der Waals surface area (Å²) in [6, 6.07) is 7.66. The van der Waals surface area contributed by atoms with Crippen LogP contribution in [0, 0.1) is 17.3 Å². The third kappa shape index (κ3) is 6.02. The van der Waals surface area contributed by atoms with Gasteiger partial charge in [0.05, 0.1) is 24.2 Å². The Labute approximate surface area is 218 Å². The maximum absolute atomic E-state index is 13.5. The van der Waals surface area contributed by atoms with Crippen LogP contribution in [0.15, 0.2) is 47.3 Å². The molecule has 2 aromatic rings. The van der Waals surface area contributed by atoms with Crippen molar-refractivity contribution >= 4 is 12.1 Å². The predicted octanol–water partition coefficient (Wildman–Crippen LogP) is 4.85. The highest BCUT2D eigenvalue weighted by atomic mass is 16.6. The Balaban J connectivity index is 1.62. The lowest BCUT2D eigenvalue weighted by molar-refractivity contribution is -0.166. The summed E-state index contributed by atoms with van der Waals surface area (Å²) in [5.74, 6) is -1.13. The fourth-order valence-electron chi connectivity index (χ4n) is 6.00. The summed E-state index contributed by atoms with van der Waals surface area (Å²) < 4.78 is 16.9. The van der Waals surface area contributed by atoms with Crippen LogP contribution in [0.3, 0.4) is 0 Å².